The van der Waals surface area contributed by atoms with Gasteiger partial charge < -0.3 is 15.3 Å². The van der Waals surface area contributed by atoms with E-state index in [1.807, 2.05) is 0 Å². The van der Waals surface area contributed by atoms with Gasteiger partial charge in [-0.1, -0.05) is 0 Å². The van der Waals surface area contributed by atoms with Gasteiger partial charge in [0.15, 0.2) is 11.6 Å². The molecule has 1 aromatic carbocycles. The molecular weight excluding hydrogens is 266 g/mol. The van der Waals surface area contributed by atoms with E-state index in [0.29, 0.717) is 6.54 Å². The highest BCUT2D eigenvalue weighted by molar-refractivity contribution is 5.88. The van der Waals surface area contributed by atoms with Gasteiger partial charge in [0.05, 0.1) is 11.3 Å². The SMILES string of the molecule is O=C(O)c1ccc(NCCCN2CCCC2)c(F)c1F. The highest BCUT2D eigenvalue weighted by Crippen LogP contribution is 2.20. The van der Waals surface area contributed by atoms with Crippen molar-refractivity contribution in [3.63, 3.8) is 0 Å². The van der Waals surface area contributed by atoms with E-state index in [1.165, 1.54) is 18.9 Å². The average molecular weight is 284 g/mol. The Bertz CT molecular complexity index is 488. The van der Waals surface area contributed by atoms with Crippen molar-refractivity contribution in [2.45, 2.75) is 19.3 Å². The normalized spacial score (nSPS) is 15.5. The highest BCUT2D eigenvalue weighted by atomic mass is 19.2. The summed E-state index contributed by atoms with van der Waals surface area (Å²) < 4.78 is 27.1. The Labute approximate surface area is 116 Å². The first-order valence-electron chi connectivity index (χ1n) is 6.77. The van der Waals surface area contributed by atoms with Crippen LogP contribution < -0.4 is 5.32 Å². The molecule has 4 nitrogen and oxygen atoms in total. The molecule has 0 spiro atoms. The maximum atomic E-state index is 13.6. The summed E-state index contributed by atoms with van der Waals surface area (Å²) in [5, 5.41) is 11.5. The molecular formula is C14H18F2N2O2. The van der Waals surface area contributed by atoms with E-state index in [0.717, 1.165) is 32.1 Å². The van der Waals surface area contributed by atoms with Gasteiger partial charge in [0.25, 0.3) is 0 Å². The molecule has 1 saturated heterocycles. The first-order valence-corrected chi connectivity index (χ1v) is 6.77. The Morgan fingerprint density at radius 3 is 2.60 bits per heavy atom. The first kappa shape index (κ1) is 14.7. The fourth-order valence-corrected chi connectivity index (χ4v) is 2.38. The van der Waals surface area contributed by atoms with E-state index in [-0.39, 0.29) is 5.69 Å². The van der Waals surface area contributed by atoms with Crippen LogP contribution in [0.1, 0.15) is 29.6 Å². The molecule has 0 unspecified atom stereocenters. The van der Waals surface area contributed by atoms with Gasteiger partial charge in [-0.25, -0.2) is 13.6 Å². The molecule has 20 heavy (non-hydrogen) atoms. The summed E-state index contributed by atoms with van der Waals surface area (Å²) in [6.07, 6.45) is 3.29. The van der Waals surface area contributed by atoms with E-state index in [9.17, 15) is 13.6 Å². The number of nitrogens with zero attached hydrogens (tertiary/aromatic N) is 1. The van der Waals surface area contributed by atoms with Crippen molar-refractivity contribution in [1.82, 2.24) is 4.90 Å². The van der Waals surface area contributed by atoms with Gasteiger partial charge in [0, 0.05) is 6.54 Å². The molecule has 110 valence electrons. The summed E-state index contributed by atoms with van der Waals surface area (Å²) in [4.78, 5) is 13.0. The van der Waals surface area contributed by atoms with Crippen LogP contribution >= 0.6 is 0 Å². The number of benzene rings is 1. The summed E-state index contributed by atoms with van der Waals surface area (Å²) in [6.45, 7) is 3.68. The molecule has 1 heterocycles. The summed E-state index contributed by atoms with van der Waals surface area (Å²) in [5.41, 5.74) is -0.640. The molecule has 1 aromatic rings. The van der Waals surface area contributed by atoms with Crippen molar-refractivity contribution in [3.05, 3.63) is 29.3 Å². The zero-order valence-corrected chi connectivity index (χ0v) is 11.2. The molecule has 1 fully saturated rings. The lowest BCUT2D eigenvalue weighted by atomic mass is 10.2. The molecule has 6 heteroatoms. The third-order valence-electron chi connectivity index (χ3n) is 3.48. The third kappa shape index (κ3) is 3.45. The number of hydrogen-bond acceptors (Lipinski definition) is 3. The van der Waals surface area contributed by atoms with Crippen molar-refractivity contribution >= 4 is 11.7 Å². The largest absolute Gasteiger partial charge is 0.478 e. The lowest BCUT2D eigenvalue weighted by Gasteiger charge is -2.15. The molecule has 2 rings (SSSR count). The van der Waals surface area contributed by atoms with Crippen molar-refractivity contribution in [3.8, 4) is 0 Å². The van der Waals surface area contributed by atoms with Crippen LogP contribution in [0, 0.1) is 11.6 Å². The summed E-state index contributed by atoms with van der Waals surface area (Å²) in [5.74, 6) is -3.92. The van der Waals surface area contributed by atoms with Gasteiger partial charge in [0.2, 0.25) is 0 Å². The fourth-order valence-electron chi connectivity index (χ4n) is 2.38. The fraction of sp³-hybridized carbons (Fsp3) is 0.500. The molecule has 0 bridgehead atoms. The van der Waals surface area contributed by atoms with Crippen LogP contribution in [-0.4, -0.2) is 42.2 Å². The lowest BCUT2D eigenvalue weighted by Crippen LogP contribution is -2.22. The number of carbonyl (C=O) groups is 1. The van der Waals surface area contributed by atoms with Gasteiger partial charge in [-0.05, 0) is 51.0 Å². The number of carboxylic acid groups (broad SMARTS) is 1. The minimum Gasteiger partial charge on any atom is -0.478 e. The van der Waals surface area contributed by atoms with Crippen LogP contribution in [0.3, 0.4) is 0 Å². The molecule has 0 atom stereocenters. The predicted octanol–water partition coefficient (Wildman–Crippen LogP) is 2.56. The number of hydrogen-bond donors (Lipinski definition) is 2. The average Bonchev–Trinajstić information content (AvgIpc) is 2.92. The van der Waals surface area contributed by atoms with Crippen LogP contribution in [-0.2, 0) is 0 Å². The lowest BCUT2D eigenvalue weighted by molar-refractivity contribution is 0.0690. The molecule has 0 saturated carbocycles. The van der Waals surface area contributed by atoms with Crippen molar-refractivity contribution < 1.29 is 18.7 Å². The zero-order valence-electron chi connectivity index (χ0n) is 11.2. The van der Waals surface area contributed by atoms with Gasteiger partial charge in [0.1, 0.15) is 0 Å². The highest BCUT2D eigenvalue weighted by Gasteiger charge is 2.17. The number of carboxylic acids is 1. The Morgan fingerprint density at radius 2 is 1.95 bits per heavy atom. The second-order valence-corrected chi connectivity index (χ2v) is 4.92. The zero-order chi connectivity index (χ0) is 14.5. The minimum absolute atomic E-state index is 0.00826. The Hall–Kier alpha value is -1.69. The summed E-state index contributed by atoms with van der Waals surface area (Å²) >= 11 is 0. The quantitative estimate of drug-likeness (QED) is 0.788. The predicted molar refractivity (Wildman–Crippen MR) is 72.1 cm³/mol. The van der Waals surface area contributed by atoms with Crippen LogP contribution in [0.4, 0.5) is 14.5 Å². The smallest absolute Gasteiger partial charge is 0.338 e. The molecule has 0 radical (unpaired) electrons. The van der Waals surface area contributed by atoms with Gasteiger partial charge in [-0.2, -0.15) is 0 Å². The molecule has 1 aliphatic heterocycles. The number of halogens is 2. The molecule has 1 aliphatic rings. The van der Waals surface area contributed by atoms with Gasteiger partial charge in [-0.3, -0.25) is 0 Å². The van der Waals surface area contributed by atoms with E-state index in [1.54, 1.807) is 0 Å². The van der Waals surface area contributed by atoms with Crippen LogP contribution in [0.25, 0.3) is 0 Å². The maximum absolute atomic E-state index is 13.6. The number of aromatic carboxylic acids is 1. The topological polar surface area (TPSA) is 52.6 Å². The molecule has 2 N–H and O–H groups in total. The van der Waals surface area contributed by atoms with E-state index in [2.05, 4.69) is 10.2 Å². The van der Waals surface area contributed by atoms with E-state index < -0.39 is 23.2 Å². The van der Waals surface area contributed by atoms with Crippen molar-refractivity contribution in [1.29, 1.82) is 0 Å². The Balaban J connectivity index is 1.86. The second-order valence-electron chi connectivity index (χ2n) is 4.92. The monoisotopic (exact) mass is 284 g/mol. The van der Waals surface area contributed by atoms with Gasteiger partial charge >= 0.3 is 5.97 Å². The minimum atomic E-state index is -1.47. The standard InChI is InChI=1S/C14H18F2N2O2/c15-12-10(14(19)20)4-5-11(13(12)16)17-6-3-9-18-7-1-2-8-18/h4-5,17H,1-3,6-9H2,(H,19,20). The number of likely N-dealkylation sites (tertiary alicyclic amines) is 1. The first-order chi connectivity index (χ1) is 9.59. The Morgan fingerprint density at radius 1 is 1.25 bits per heavy atom. The van der Waals surface area contributed by atoms with Gasteiger partial charge in [-0.15, -0.1) is 0 Å². The third-order valence-corrected chi connectivity index (χ3v) is 3.48. The number of rotatable bonds is 6. The Kier molecular flexibility index (Phi) is 4.89. The maximum Gasteiger partial charge on any atom is 0.338 e. The second kappa shape index (κ2) is 6.65. The van der Waals surface area contributed by atoms with Crippen LogP contribution in [0.2, 0.25) is 0 Å². The summed E-state index contributed by atoms with van der Waals surface area (Å²) in [6, 6.07) is 2.33. The van der Waals surface area contributed by atoms with Crippen LogP contribution in [0.15, 0.2) is 12.1 Å². The van der Waals surface area contributed by atoms with Crippen LogP contribution in [0.5, 0.6) is 0 Å². The van der Waals surface area contributed by atoms with E-state index >= 15 is 0 Å². The molecule has 0 amide bonds. The molecule has 0 aromatic heterocycles. The van der Waals surface area contributed by atoms with Crippen molar-refractivity contribution in [2.75, 3.05) is 31.5 Å². The van der Waals surface area contributed by atoms with E-state index in [4.69, 9.17) is 5.11 Å². The number of nitrogens with one attached hydrogen (secondary N) is 1. The summed E-state index contributed by atoms with van der Waals surface area (Å²) in [7, 11) is 0. The molecule has 0 aliphatic carbocycles. The van der Waals surface area contributed by atoms with Crippen molar-refractivity contribution in [2.24, 2.45) is 0 Å². The number of anilines is 1.